The molecule has 1 fully saturated rings. The zero-order valence-electron chi connectivity index (χ0n) is 12.8. The Morgan fingerprint density at radius 3 is 2.86 bits per heavy atom. The van der Waals surface area contributed by atoms with Crippen molar-refractivity contribution in [3.8, 4) is 0 Å². The van der Waals surface area contributed by atoms with Crippen molar-refractivity contribution in [3.05, 3.63) is 35.6 Å². The third-order valence-electron chi connectivity index (χ3n) is 4.50. The fourth-order valence-electron chi connectivity index (χ4n) is 3.31. The quantitative estimate of drug-likeness (QED) is 0.801. The molecule has 4 nitrogen and oxygen atoms in total. The fourth-order valence-corrected chi connectivity index (χ4v) is 3.31. The van der Waals surface area contributed by atoms with Crippen molar-refractivity contribution in [2.24, 2.45) is 17.0 Å². The number of hydrogen-bond donors (Lipinski definition) is 0. The molecule has 0 radical (unpaired) electrons. The van der Waals surface area contributed by atoms with Gasteiger partial charge in [-0.05, 0) is 36.5 Å². The highest BCUT2D eigenvalue weighted by atomic mass is 19.1. The highest BCUT2D eigenvalue weighted by molar-refractivity contribution is 5.97. The number of esters is 1. The molecule has 0 bridgehead atoms. The molecule has 118 valence electrons. The summed E-state index contributed by atoms with van der Waals surface area (Å²) in [5, 5.41) is 4.15. The lowest BCUT2D eigenvalue weighted by atomic mass is 9.83. The first-order chi connectivity index (χ1) is 10.5. The number of nitrogens with zero attached hydrogens (tertiary/aromatic N) is 1. The molecule has 1 aliphatic carbocycles. The van der Waals surface area contributed by atoms with Gasteiger partial charge in [-0.3, -0.25) is 0 Å². The standard InChI is InChI=1S/C17H20FNO3/c1-11(2)15-14-4-3-9-17(14,22-19-15)16(20)21-10-12-5-7-13(18)8-6-12/h5-8,11,14H,3-4,9-10H2,1-2H3. The summed E-state index contributed by atoms with van der Waals surface area (Å²) >= 11 is 0. The molecule has 1 aromatic carbocycles. The zero-order valence-corrected chi connectivity index (χ0v) is 12.8. The van der Waals surface area contributed by atoms with Crippen LogP contribution in [0.1, 0.15) is 38.7 Å². The maximum atomic E-state index is 12.9. The molecule has 1 saturated carbocycles. The SMILES string of the molecule is CC(C)C1=NOC2(C(=O)OCc3ccc(F)cc3)CCCC12. The highest BCUT2D eigenvalue weighted by Crippen LogP contribution is 2.46. The van der Waals surface area contributed by atoms with Crippen LogP contribution in [0.25, 0.3) is 0 Å². The van der Waals surface area contributed by atoms with Gasteiger partial charge in [-0.2, -0.15) is 0 Å². The largest absolute Gasteiger partial charge is 0.458 e. The molecule has 0 saturated heterocycles. The third kappa shape index (κ3) is 2.49. The fraction of sp³-hybridized carbons (Fsp3) is 0.529. The van der Waals surface area contributed by atoms with Gasteiger partial charge in [0, 0.05) is 6.42 Å². The van der Waals surface area contributed by atoms with Gasteiger partial charge < -0.3 is 9.57 Å². The van der Waals surface area contributed by atoms with Crippen molar-refractivity contribution in [3.63, 3.8) is 0 Å². The Kier molecular flexibility index (Phi) is 3.89. The van der Waals surface area contributed by atoms with E-state index in [2.05, 4.69) is 19.0 Å². The van der Waals surface area contributed by atoms with Crippen molar-refractivity contribution in [1.82, 2.24) is 0 Å². The Labute approximate surface area is 129 Å². The molecule has 3 rings (SSSR count). The molecular formula is C17H20FNO3. The Hall–Kier alpha value is -1.91. The number of rotatable bonds is 4. The first kappa shape index (κ1) is 15.0. The third-order valence-corrected chi connectivity index (χ3v) is 4.50. The Bertz CT molecular complexity index is 596. The highest BCUT2D eigenvalue weighted by Gasteiger charge is 2.59. The molecule has 1 aromatic rings. The summed E-state index contributed by atoms with van der Waals surface area (Å²) in [5.74, 6) is -0.388. The van der Waals surface area contributed by atoms with E-state index in [-0.39, 0.29) is 30.2 Å². The van der Waals surface area contributed by atoms with Gasteiger partial charge in [0.25, 0.3) is 0 Å². The lowest BCUT2D eigenvalue weighted by molar-refractivity contribution is -0.173. The van der Waals surface area contributed by atoms with Crippen LogP contribution in [-0.4, -0.2) is 17.3 Å². The molecule has 2 atom stereocenters. The monoisotopic (exact) mass is 305 g/mol. The van der Waals surface area contributed by atoms with Crippen molar-refractivity contribution < 1.29 is 18.8 Å². The van der Waals surface area contributed by atoms with Gasteiger partial charge in [0.15, 0.2) is 0 Å². The maximum absolute atomic E-state index is 12.9. The van der Waals surface area contributed by atoms with Crippen LogP contribution in [0.4, 0.5) is 4.39 Å². The summed E-state index contributed by atoms with van der Waals surface area (Å²) in [6.45, 7) is 4.23. The summed E-state index contributed by atoms with van der Waals surface area (Å²) in [6.07, 6.45) is 2.48. The van der Waals surface area contributed by atoms with Crippen LogP contribution in [0.3, 0.4) is 0 Å². The Morgan fingerprint density at radius 2 is 2.18 bits per heavy atom. The van der Waals surface area contributed by atoms with Gasteiger partial charge in [-0.25, -0.2) is 9.18 Å². The summed E-state index contributed by atoms with van der Waals surface area (Å²) in [5.41, 5.74) is 0.763. The molecule has 0 aromatic heterocycles. The number of benzene rings is 1. The van der Waals surface area contributed by atoms with Crippen LogP contribution in [0, 0.1) is 17.7 Å². The molecule has 5 heteroatoms. The Balaban J connectivity index is 1.68. The van der Waals surface area contributed by atoms with E-state index in [9.17, 15) is 9.18 Å². The zero-order chi connectivity index (χ0) is 15.7. The average Bonchev–Trinajstić information content (AvgIpc) is 3.05. The molecule has 0 amide bonds. The number of fused-ring (bicyclic) bond motifs is 1. The van der Waals surface area contributed by atoms with Crippen LogP contribution in [0.15, 0.2) is 29.4 Å². The number of carbonyl (C=O) groups is 1. The predicted octanol–water partition coefficient (Wildman–Crippen LogP) is 3.45. The number of carbonyl (C=O) groups excluding carboxylic acids is 1. The second kappa shape index (κ2) is 5.71. The smallest absolute Gasteiger partial charge is 0.354 e. The summed E-state index contributed by atoms with van der Waals surface area (Å²) in [6, 6.07) is 5.92. The number of oxime groups is 1. The summed E-state index contributed by atoms with van der Waals surface area (Å²) in [4.78, 5) is 18.1. The van der Waals surface area contributed by atoms with E-state index in [0.717, 1.165) is 24.1 Å². The van der Waals surface area contributed by atoms with Gasteiger partial charge >= 0.3 is 5.97 Å². The molecule has 2 unspecified atom stereocenters. The molecule has 22 heavy (non-hydrogen) atoms. The first-order valence-electron chi connectivity index (χ1n) is 7.70. The number of halogens is 1. The van der Waals surface area contributed by atoms with Crippen molar-refractivity contribution in [2.45, 2.75) is 45.3 Å². The van der Waals surface area contributed by atoms with Crippen LogP contribution in [0.5, 0.6) is 0 Å². The molecule has 2 aliphatic rings. The molecule has 1 heterocycles. The van der Waals surface area contributed by atoms with E-state index in [1.54, 1.807) is 12.1 Å². The Morgan fingerprint density at radius 1 is 1.45 bits per heavy atom. The van der Waals surface area contributed by atoms with E-state index >= 15 is 0 Å². The summed E-state index contributed by atoms with van der Waals surface area (Å²) < 4.78 is 18.3. The van der Waals surface area contributed by atoms with Crippen LogP contribution < -0.4 is 0 Å². The number of hydrogen-bond acceptors (Lipinski definition) is 4. The van der Waals surface area contributed by atoms with E-state index in [1.165, 1.54) is 12.1 Å². The van der Waals surface area contributed by atoms with Gasteiger partial charge in [0.1, 0.15) is 12.4 Å². The van der Waals surface area contributed by atoms with Crippen molar-refractivity contribution in [2.75, 3.05) is 0 Å². The minimum absolute atomic E-state index is 0.0215. The number of ether oxygens (including phenoxy) is 1. The topological polar surface area (TPSA) is 47.9 Å². The normalized spacial score (nSPS) is 26.5. The van der Waals surface area contributed by atoms with E-state index in [4.69, 9.17) is 9.57 Å². The van der Waals surface area contributed by atoms with Gasteiger partial charge in [-0.1, -0.05) is 31.1 Å². The second-order valence-corrected chi connectivity index (χ2v) is 6.30. The lowest BCUT2D eigenvalue weighted by Crippen LogP contribution is -2.44. The van der Waals surface area contributed by atoms with E-state index < -0.39 is 5.60 Å². The van der Waals surface area contributed by atoms with Crippen molar-refractivity contribution in [1.29, 1.82) is 0 Å². The predicted molar refractivity (Wildman–Crippen MR) is 79.6 cm³/mol. The van der Waals surface area contributed by atoms with E-state index in [1.807, 2.05) is 0 Å². The van der Waals surface area contributed by atoms with Gasteiger partial charge in [0.2, 0.25) is 5.60 Å². The molecule has 0 N–H and O–H groups in total. The molecule has 1 aliphatic heterocycles. The average molecular weight is 305 g/mol. The minimum Gasteiger partial charge on any atom is -0.458 e. The van der Waals surface area contributed by atoms with Gasteiger partial charge in [0.05, 0.1) is 11.6 Å². The lowest BCUT2D eigenvalue weighted by Gasteiger charge is -2.25. The van der Waals surface area contributed by atoms with E-state index in [0.29, 0.717) is 6.42 Å². The van der Waals surface area contributed by atoms with Crippen LogP contribution in [-0.2, 0) is 21.0 Å². The minimum atomic E-state index is -0.945. The molecule has 0 spiro atoms. The summed E-state index contributed by atoms with van der Waals surface area (Å²) in [7, 11) is 0. The second-order valence-electron chi connectivity index (χ2n) is 6.30. The van der Waals surface area contributed by atoms with Gasteiger partial charge in [-0.15, -0.1) is 0 Å². The molecular weight excluding hydrogens is 285 g/mol. The maximum Gasteiger partial charge on any atom is 0.354 e. The van der Waals surface area contributed by atoms with Crippen LogP contribution in [0.2, 0.25) is 0 Å². The van der Waals surface area contributed by atoms with Crippen LogP contribution >= 0.6 is 0 Å². The first-order valence-corrected chi connectivity index (χ1v) is 7.70. The van der Waals surface area contributed by atoms with Crippen molar-refractivity contribution >= 4 is 11.7 Å².